The number of carbonyl (C=O) groups excluding carboxylic acids is 2. The molecule has 0 spiro atoms. The maximum atomic E-state index is 10.7. The van der Waals surface area contributed by atoms with E-state index in [2.05, 4.69) is 0 Å². The van der Waals surface area contributed by atoms with E-state index in [0.717, 1.165) is 5.56 Å². The summed E-state index contributed by atoms with van der Waals surface area (Å²) in [6, 6.07) is 5.13. The lowest BCUT2D eigenvalue weighted by molar-refractivity contribution is -0.118. The highest BCUT2D eigenvalue weighted by molar-refractivity contribution is 6.32. The fourth-order valence-corrected chi connectivity index (χ4v) is 1.54. The number of hydrogen-bond donors (Lipinski definition) is 1. The molecule has 0 aliphatic rings. The maximum absolute atomic E-state index is 10.7. The molecule has 0 aliphatic carbocycles. The van der Waals surface area contributed by atoms with Gasteiger partial charge in [0.15, 0.2) is 6.29 Å². The van der Waals surface area contributed by atoms with E-state index in [1.54, 1.807) is 18.2 Å². The number of carbonyl (C=O) groups is 2. The molecule has 15 heavy (non-hydrogen) atoms. The Morgan fingerprint density at radius 1 is 1.60 bits per heavy atom. The van der Waals surface area contributed by atoms with Crippen molar-refractivity contribution in [3.05, 3.63) is 34.3 Å². The third-order valence-electron chi connectivity index (χ3n) is 2.22. The molecule has 4 heteroatoms. The smallest absolute Gasteiger partial charge is 0.218 e. The summed E-state index contributed by atoms with van der Waals surface area (Å²) in [6.45, 7) is 1.88. The zero-order valence-corrected chi connectivity index (χ0v) is 9.12. The molecular formula is C11H12ClNO2. The number of aldehydes is 1. The van der Waals surface area contributed by atoms with Crippen molar-refractivity contribution < 1.29 is 9.59 Å². The van der Waals surface area contributed by atoms with Gasteiger partial charge >= 0.3 is 0 Å². The van der Waals surface area contributed by atoms with E-state index in [9.17, 15) is 9.59 Å². The van der Waals surface area contributed by atoms with Crippen molar-refractivity contribution >= 4 is 23.8 Å². The van der Waals surface area contributed by atoms with Crippen molar-refractivity contribution in [3.63, 3.8) is 0 Å². The number of halogens is 1. The standard InChI is InChI=1S/C11H12ClNO2/c1-7(4-11(13)15)8-2-3-10(12)9(5-8)6-14/h2-3,5-7H,4H2,1H3,(H2,13,15). The number of benzene rings is 1. The van der Waals surface area contributed by atoms with Crippen molar-refractivity contribution in [1.29, 1.82) is 0 Å². The van der Waals surface area contributed by atoms with Crippen LogP contribution in [0.4, 0.5) is 0 Å². The van der Waals surface area contributed by atoms with Gasteiger partial charge in [0.05, 0.1) is 5.02 Å². The molecule has 1 aromatic rings. The van der Waals surface area contributed by atoms with Crippen molar-refractivity contribution in [2.24, 2.45) is 5.73 Å². The molecule has 1 aromatic carbocycles. The molecule has 0 heterocycles. The SMILES string of the molecule is CC(CC(N)=O)c1ccc(Cl)c(C=O)c1. The molecule has 1 rings (SSSR count). The maximum Gasteiger partial charge on any atom is 0.218 e. The van der Waals surface area contributed by atoms with Gasteiger partial charge in [0.2, 0.25) is 5.91 Å². The van der Waals surface area contributed by atoms with E-state index in [0.29, 0.717) is 16.9 Å². The number of nitrogens with two attached hydrogens (primary N) is 1. The first-order valence-electron chi connectivity index (χ1n) is 4.57. The van der Waals surface area contributed by atoms with Gasteiger partial charge in [0.1, 0.15) is 0 Å². The molecule has 3 nitrogen and oxygen atoms in total. The van der Waals surface area contributed by atoms with Crippen LogP contribution in [0.1, 0.15) is 35.2 Å². The van der Waals surface area contributed by atoms with Gasteiger partial charge in [-0.2, -0.15) is 0 Å². The quantitative estimate of drug-likeness (QED) is 0.798. The minimum Gasteiger partial charge on any atom is -0.370 e. The molecule has 0 bridgehead atoms. The fourth-order valence-electron chi connectivity index (χ4n) is 1.38. The predicted octanol–water partition coefficient (Wildman–Crippen LogP) is 2.13. The van der Waals surface area contributed by atoms with Crippen LogP contribution in [0.2, 0.25) is 5.02 Å². The Kier molecular flexibility index (Phi) is 3.86. The molecule has 0 fully saturated rings. The van der Waals surface area contributed by atoms with Crippen LogP contribution in [0.25, 0.3) is 0 Å². The van der Waals surface area contributed by atoms with Crippen LogP contribution >= 0.6 is 11.6 Å². The summed E-state index contributed by atoms with van der Waals surface area (Å²) in [6.07, 6.45) is 0.961. The average Bonchev–Trinajstić information content (AvgIpc) is 2.17. The molecule has 0 radical (unpaired) electrons. The first-order valence-corrected chi connectivity index (χ1v) is 4.95. The second-order valence-electron chi connectivity index (χ2n) is 3.47. The van der Waals surface area contributed by atoms with Crippen molar-refractivity contribution in [2.45, 2.75) is 19.3 Å². The number of rotatable bonds is 4. The zero-order valence-electron chi connectivity index (χ0n) is 8.37. The molecule has 0 saturated carbocycles. The van der Waals surface area contributed by atoms with Crippen molar-refractivity contribution in [3.8, 4) is 0 Å². The Balaban J connectivity index is 2.95. The van der Waals surface area contributed by atoms with Gasteiger partial charge in [0, 0.05) is 12.0 Å². The Hall–Kier alpha value is -1.35. The van der Waals surface area contributed by atoms with Gasteiger partial charge in [-0.25, -0.2) is 0 Å². The summed E-state index contributed by atoms with van der Waals surface area (Å²) < 4.78 is 0. The largest absolute Gasteiger partial charge is 0.370 e. The Morgan fingerprint density at radius 3 is 2.80 bits per heavy atom. The topological polar surface area (TPSA) is 60.2 Å². The van der Waals surface area contributed by atoms with Crippen LogP contribution < -0.4 is 5.73 Å². The van der Waals surface area contributed by atoms with E-state index in [-0.39, 0.29) is 18.2 Å². The molecule has 1 unspecified atom stereocenters. The number of hydrogen-bond acceptors (Lipinski definition) is 2. The van der Waals surface area contributed by atoms with Gasteiger partial charge < -0.3 is 5.73 Å². The average molecular weight is 226 g/mol. The van der Waals surface area contributed by atoms with Crippen LogP contribution in [0, 0.1) is 0 Å². The first kappa shape index (κ1) is 11.7. The lowest BCUT2D eigenvalue weighted by atomic mass is 9.96. The van der Waals surface area contributed by atoms with E-state index < -0.39 is 0 Å². The highest BCUT2D eigenvalue weighted by Gasteiger charge is 2.10. The predicted molar refractivity (Wildman–Crippen MR) is 59.1 cm³/mol. The van der Waals surface area contributed by atoms with Gasteiger partial charge in [-0.05, 0) is 23.6 Å². The third-order valence-corrected chi connectivity index (χ3v) is 2.57. The van der Waals surface area contributed by atoms with Gasteiger partial charge in [-0.3, -0.25) is 9.59 Å². The normalized spacial score (nSPS) is 12.1. The minimum atomic E-state index is -0.356. The van der Waals surface area contributed by atoms with Gasteiger partial charge in [-0.15, -0.1) is 0 Å². The fraction of sp³-hybridized carbons (Fsp3) is 0.273. The molecule has 0 saturated heterocycles. The van der Waals surface area contributed by atoms with Crippen LogP contribution in [-0.4, -0.2) is 12.2 Å². The lowest BCUT2D eigenvalue weighted by Gasteiger charge is -2.10. The second kappa shape index (κ2) is 4.94. The van der Waals surface area contributed by atoms with Gasteiger partial charge in [-0.1, -0.05) is 24.6 Å². The monoisotopic (exact) mass is 225 g/mol. The summed E-state index contributed by atoms with van der Waals surface area (Å²) in [5.74, 6) is -0.358. The molecule has 0 aliphatic heterocycles. The van der Waals surface area contributed by atoms with E-state index >= 15 is 0 Å². The highest BCUT2D eigenvalue weighted by atomic mass is 35.5. The first-order chi connectivity index (χ1) is 7.04. The van der Waals surface area contributed by atoms with E-state index in [4.69, 9.17) is 17.3 Å². The molecule has 0 aromatic heterocycles. The van der Waals surface area contributed by atoms with Crippen LogP contribution in [0.5, 0.6) is 0 Å². The highest BCUT2D eigenvalue weighted by Crippen LogP contribution is 2.23. The van der Waals surface area contributed by atoms with Gasteiger partial charge in [0.25, 0.3) is 0 Å². The van der Waals surface area contributed by atoms with E-state index in [1.807, 2.05) is 6.92 Å². The summed E-state index contributed by atoms with van der Waals surface area (Å²) in [4.78, 5) is 21.4. The molecule has 1 atom stereocenters. The van der Waals surface area contributed by atoms with Crippen LogP contribution in [-0.2, 0) is 4.79 Å². The Bertz CT molecular complexity index is 390. The molecular weight excluding hydrogens is 214 g/mol. The molecule has 2 N–H and O–H groups in total. The third kappa shape index (κ3) is 3.06. The second-order valence-corrected chi connectivity index (χ2v) is 3.88. The molecule has 1 amide bonds. The summed E-state index contributed by atoms with van der Waals surface area (Å²) in [5.41, 5.74) is 6.42. The minimum absolute atomic E-state index is 0.00142. The summed E-state index contributed by atoms with van der Waals surface area (Å²) >= 11 is 5.78. The van der Waals surface area contributed by atoms with Crippen molar-refractivity contribution in [1.82, 2.24) is 0 Å². The van der Waals surface area contributed by atoms with Crippen LogP contribution in [0.15, 0.2) is 18.2 Å². The number of amides is 1. The summed E-state index contributed by atoms with van der Waals surface area (Å²) in [7, 11) is 0. The van der Waals surface area contributed by atoms with Crippen molar-refractivity contribution in [2.75, 3.05) is 0 Å². The lowest BCUT2D eigenvalue weighted by Crippen LogP contribution is -2.13. The summed E-state index contributed by atoms with van der Waals surface area (Å²) in [5, 5.41) is 0.417. The van der Waals surface area contributed by atoms with Crippen LogP contribution in [0.3, 0.4) is 0 Å². The Labute approximate surface area is 93.2 Å². The Morgan fingerprint density at radius 2 is 2.27 bits per heavy atom. The molecule has 80 valence electrons. The zero-order chi connectivity index (χ0) is 11.4. The number of primary amides is 1. The van der Waals surface area contributed by atoms with E-state index in [1.165, 1.54) is 0 Å².